The van der Waals surface area contributed by atoms with E-state index in [2.05, 4.69) is 23.5 Å². The Labute approximate surface area is 108 Å². The summed E-state index contributed by atoms with van der Waals surface area (Å²) in [6.45, 7) is 2.46. The van der Waals surface area contributed by atoms with Gasteiger partial charge in [0.05, 0.1) is 19.3 Å². The minimum atomic E-state index is 0.388. The van der Waals surface area contributed by atoms with Crippen LogP contribution in [0, 0.1) is 0 Å². The highest BCUT2D eigenvalue weighted by atomic mass is 16.5. The van der Waals surface area contributed by atoms with Gasteiger partial charge in [-0.25, -0.2) is 0 Å². The van der Waals surface area contributed by atoms with Gasteiger partial charge in [0, 0.05) is 12.6 Å². The largest absolute Gasteiger partial charge is 0.378 e. The molecule has 3 rings (SSSR count). The maximum Gasteiger partial charge on any atom is 0.0725 e. The summed E-state index contributed by atoms with van der Waals surface area (Å²) in [5.41, 5.74) is 4.04. The molecule has 1 fully saturated rings. The predicted octanol–water partition coefficient (Wildman–Crippen LogP) is 2.55. The van der Waals surface area contributed by atoms with Crippen LogP contribution in [0.15, 0.2) is 18.2 Å². The number of nitrogens with one attached hydrogen (secondary N) is 1. The maximum atomic E-state index is 5.73. The van der Waals surface area contributed by atoms with E-state index in [0.29, 0.717) is 12.1 Å². The molecular formula is C15H21NO2. The van der Waals surface area contributed by atoms with Crippen LogP contribution in [0.4, 0.5) is 0 Å². The lowest BCUT2D eigenvalue weighted by Gasteiger charge is -2.20. The molecule has 0 saturated carbocycles. The van der Waals surface area contributed by atoms with Gasteiger partial charge in [-0.1, -0.05) is 18.2 Å². The molecule has 2 heterocycles. The normalized spacial score (nSPS) is 24.2. The lowest BCUT2D eigenvalue weighted by atomic mass is 9.96. The molecule has 0 spiro atoms. The molecule has 1 aromatic carbocycles. The third kappa shape index (κ3) is 2.44. The number of hydrogen-bond acceptors (Lipinski definition) is 3. The molecule has 1 N–H and O–H groups in total. The highest BCUT2D eigenvalue weighted by Crippen LogP contribution is 2.28. The van der Waals surface area contributed by atoms with Crippen molar-refractivity contribution in [1.29, 1.82) is 0 Å². The quantitative estimate of drug-likeness (QED) is 0.887. The maximum absolute atomic E-state index is 5.73. The molecule has 18 heavy (non-hydrogen) atoms. The lowest BCUT2D eigenvalue weighted by molar-refractivity contribution is 0.0954. The van der Waals surface area contributed by atoms with Gasteiger partial charge in [0.25, 0.3) is 0 Å². The second kappa shape index (κ2) is 5.39. The number of fused-ring (bicyclic) bond motifs is 1. The van der Waals surface area contributed by atoms with Gasteiger partial charge >= 0.3 is 0 Å². The first-order valence-electron chi connectivity index (χ1n) is 6.85. The van der Waals surface area contributed by atoms with E-state index in [1.807, 2.05) is 7.05 Å². The van der Waals surface area contributed by atoms with E-state index in [4.69, 9.17) is 9.47 Å². The van der Waals surface area contributed by atoms with Crippen molar-refractivity contribution in [3.05, 3.63) is 34.9 Å². The van der Waals surface area contributed by atoms with Crippen LogP contribution in [-0.2, 0) is 22.7 Å². The highest BCUT2D eigenvalue weighted by molar-refractivity contribution is 5.34. The number of benzene rings is 1. The summed E-state index contributed by atoms with van der Waals surface area (Å²) >= 11 is 0. The zero-order chi connectivity index (χ0) is 12.4. The fourth-order valence-electron chi connectivity index (χ4n) is 2.92. The van der Waals surface area contributed by atoms with Gasteiger partial charge in [0.1, 0.15) is 0 Å². The number of hydrogen-bond donors (Lipinski definition) is 1. The fourth-order valence-corrected chi connectivity index (χ4v) is 2.92. The van der Waals surface area contributed by atoms with Crippen LogP contribution in [-0.4, -0.2) is 19.8 Å². The molecule has 0 aliphatic carbocycles. The van der Waals surface area contributed by atoms with Crippen LogP contribution >= 0.6 is 0 Å². The molecular weight excluding hydrogens is 226 g/mol. The van der Waals surface area contributed by atoms with E-state index < -0.39 is 0 Å². The molecule has 2 unspecified atom stereocenters. The van der Waals surface area contributed by atoms with E-state index in [-0.39, 0.29) is 0 Å². The van der Waals surface area contributed by atoms with Gasteiger partial charge in [-0.2, -0.15) is 0 Å². The zero-order valence-electron chi connectivity index (χ0n) is 10.9. The van der Waals surface area contributed by atoms with Crippen LogP contribution in [0.25, 0.3) is 0 Å². The second-order valence-electron chi connectivity index (χ2n) is 5.23. The van der Waals surface area contributed by atoms with E-state index in [9.17, 15) is 0 Å². The molecule has 0 radical (unpaired) electrons. The minimum Gasteiger partial charge on any atom is -0.378 e. The summed E-state index contributed by atoms with van der Waals surface area (Å²) in [6, 6.07) is 7.11. The van der Waals surface area contributed by atoms with Crippen molar-refractivity contribution in [2.45, 2.75) is 44.6 Å². The van der Waals surface area contributed by atoms with E-state index in [1.165, 1.54) is 29.5 Å². The third-order valence-electron chi connectivity index (χ3n) is 4.02. The molecule has 0 bridgehead atoms. The van der Waals surface area contributed by atoms with Gasteiger partial charge in [0.15, 0.2) is 0 Å². The molecule has 0 aromatic heterocycles. The van der Waals surface area contributed by atoms with Gasteiger partial charge in [-0.15, -0.1) is 0 Å². The summed E-state index contributed by atoms with van der Waals surface area (Å²) in [7, 11) is 2.03. The number of ether oxygens (including phenoxy) is 2. The van der Waals surface area contributed by atoms with Crippen LogP contribution in [0.5, 0.6) is 0 Å². The smallest absolute Gasteiger partial charge is 0.0725 e. The Morgan fingerprint density at radius 2 is 2.22 bits per heavy atom. The molecule has 98 valence electrons. The average Bonchev–Trinajstić information content (AvgIpc) is 3.06. The summed E-state index contributed by atoms with van der Waals surface area (Å²) < 4.78 is 11.2. The standard InChI is InChI=1S/C15H21NO2/c1-16-15(8-14-3-2-6-18-14)11-4-5-12-9-17-10-13(12)7-11/h4-5,7,14-16H,2-3,6,8-10H2,1H3. The first-order valence-corrected chi connectivity index (χ1v) is 6.85. The molecule has 2 aliphatic rings. The summed E-state index contributed by atoms with van der Waals surface area (Å²) in [6.07, 6.45) is 3.90. The van der Waals surface area contributed by atoms with Gasteiger partial charge in [0.2, 0.25) is 0 Å². The molecule has 2 aliphatic heterocycles. The summed E-state index contributed by atoms with van der Waals surface area (Å²) in [5, 5.41) is 3.42. The number of rotatable bonds is 4. The van der Waals surface area contributed by atoms with Crippen molar-refractivity contribution in [2.75, 3.05) is 13.7 Å². The Morgan fingerprint density at radius 1 is 1.33 bits per heavy atom. The zero-order valence-corrected chi connectivity index (χ0v) is 10.9. The molecule has 2 atom stereocenters. The first kappa shape index (κ1) is 12.2. The van der Waals surface area contributed by atoms with Crippen molar-refractivity contribution < 1.29 is 9.47 Å². The van der Waals surface area contributed by atoms with Crippen molar-refractivity contribution in [3.63, 3.8) is 0 Å². The monoisotopic (exact) mass is 247 g/mol. The van der Waals surface area contributed by atoms with Crippen LogP contribution in [0.2, 0.25) is 0 Å². The predicted molar refractivity (Wildman–Crippen MR) is 70.3 cm³/mol. The van der Waals surface area contributed by atoms with Crippen LogP contribution in [0.1, 0.15) is 42.0 Å². The van der Waals surface area contributed by atoms with E-state index in [1.54, 1.807) is 0 Å². The SMILES string of the molecule is CNC(CC1CCCO1)c1ccc2c(c1)COC2. The van der Waals surface area contributed by atoms with Crippen molar-refractivity contribution in [3.8, 4) is 0 Å². The van der Waals surface area contributed by atoms with Crippen LogP contribution < -0.4 is 5.32 Å². The molecule has 3 heteroatoms. The molecule has 0 amide bonds. The Kier molecular flexibility index (Phi) is 3.64. The van der Waals surface area contributed by atoms with E-state index >= 15 is 0 Å². The van der Waals surface area contributed by atoms with Crippen molar-refractivity contribution in [1.82, 2.24) is 5.32 Å². The Morgan fingerprint density at radius 3 is 3.00 bits per heavy atom. The average molecular weight is 247 g/mol. The van der Waals surface area contributed by atoms with Crippen molar-refractivity contribution in [2.24, 2.45) is 0 Å². The Balaban J connectivity index is 1.74. The third-order valence-corrected chi connectivity index (χ3v) is 4.02. The minimum absolute atomic E-state index is 0.388. The van der Waals surface area contributed by atoms with E-state index in [0.717, 1.165) is 26.2 Å². The highest BCUT2D eigenvalue weighted by Gasteiger charge is 2.22. The topological polar surface area (TPSA) is 30.5 Å². The summed E-state index contributed by atoms with van der Waals surface area (Å²) in [5.74, 6) is 0. The van der Waals surface area contributed by atoms with Gasteiger partial charge < -0.3 is 14.8 Å². The first-order chi connectivity index (χ1) is 8.86. The second-order valence-corrected chi connectivity index (χ2v) is 5.23. The van der Waals surface area contributed by atoms with Gasteiger partial charge in [-0.3, -0.25) is 0 Å². The molecule has 1 aromatic rings. The fraction of sp³-hybridized carbons (Fsp3) is 0.600. The Bertz CT molecular complexity index is 413. The lowest BCUT2D eigenvalue weighted by Crippen LogP contribution is -2.22. The Hall–Kier alpha value is -0.900. The van der Waals surface area contributed by atoms with Crippen LogP contribution in [0.3, 0.4) is 0 Å². The van der Waals surface area contributed by atoms with Gasteiger partial charge in [-0.05, 0) is 43.0 Å². The van der Waals surface area contributed by atoms with Crippen molar-refractivity contribution >= 4 is 0 Å². The summed E-state index contributed by atoms with van der Waals surface area (Å²) in [4.78, 5) is 0. The molecule has 1 saturated heterocycles. The molecule has 3 nitrogen and oxygen atoms in total.